The Balaban J connectivity index is 2.60. The van der Waals surface area contributed by atoms with Crippen LogP contribution in [0, 0.1) is 0 Å². The molecular formula is C21H31NO2S. The Hall–Kier alpha value is -1.42. The van der Waals surface area contributed by atoms with E-state index in [0.29, 0.717) is 0 Å². The van der Waals surface area contributed by atoms with Gasteiger partial charge in [-0.25, -0.2) is 4.79 Å². The van der Waals surface area contributed by atoms with Crippen molar-refractivity contribution in [3.8, 4) is 0 Å². The molecule has 1 heterocycles. The molecule has 0 aliphatic heterocycles. The molecule has 1 aromatic heterocycles. The van der Waals surface area contributed by atoms with Crippen LogP contribution >= 0.6 is 11.8 Å². The number of thioether (sulfide) groups is 1. The molecule has 0 amide bonds. The molecule has 3 nitrogen and oxygen atoms in total. The summed E-state index contributed by atoms with van der Waals surface area (Å²) >= 11 is 1.87. The first-order valence-corrected chi connectivity index (χ1v) is 9.57. The number of ether oxygens (including phenoxy) is 1. The second-order valence-corrected chi connectivity index (χ2v) is 11.4. The number of aromatic nitrogens is 1. The molecule has 0 spiro atoms. The highest BCUT2D eigenvalue weighted by Crippen LogP contribution is 2.41. The smallest absolute Gasteiger partial charge is 0.418 e. The second kappa shape index (κ2) is 6.39. The summed E-state index contributed by atoms with van der Waals surface area (Å²) in [5, 5.41) is 1.06. The van der Waals surface area contributed by atoms with E-state index in [1.165, 1.54) is 10.5 Å². The molecule has 0 aliphatic carbocycles. The molecule has 0 fully saturated rings. The monoisotopic (exact) mass is 361 g/mol. The lowest BCUT2D eigenvalue weighted by atomic mass is 9.86. The van der Waals surface area contributed by atoms with E-state index >= 15 is 0 Å². The summed E-state index contributed by atoms with van der Waals surface area (Å²) in [6, 6.07) is 6.33. The van der Waals surface area contributed by atoms with Crippen LogP contribution in [0.3, 0.4) is 0 Å². The molecule has 1 aromatic carbocycles. The molecular weight excluding hydrogens is 330 g/mol. The van der Waals surface area contributed by atoms with Gasteiger partial charge in [-0.05, 0) is 49.9 Å². The molecule has 2 aromatic rings. The highest BCUT2D eigenvalue weighted by atomic mass is 32.2. The Morgan fingerprint density at radius 1 is 1.00 bits per heavy atom. The van der Waals surface area contributed by atoms with E-state index in [2.05, 4.69) is 53.7 Å². The molecule has 4 heteroatoms. The molecule has 0 saturated carbocycles. The minimum Gasteiger partial charge on any atom is -0.443 e. The SMILES string of the molecule is CC(C)(C)OC(=O)n1ccc2cc(SC(C)(C)C)c(C(C)(C)C)cc21. The minimum atomic E-state index is -0.511. The summed E-state index contributed by atoms with van der Waals surface area (Å²) in [6.45, 7) is 18.9. The van der Waals surface area contributed by atoms with Gasteiger partial charge in [0.25, 0.3) is 0 Å². The van der Waals surface area contributed by atoms with Crippen LogP contribution in [-0.2, 0) is 10.2 Å². The van der Waals surface area contributed by atoms with Crippen LogP contribution in [0.15, 0.2) is 29.3 Å². The maximum Gasteiger partial charge on any atom is 0.418 e. The minimum absolute atomic E-state index is 0.00912. The van der Waals surface area contributed by atoms with Crippen LogP contribution < -0.4 is 0 Å². The molecule has 25 heavy (non-hydrogen) atoms. The number of fused-ring (bicyclic) bond motifs is 1. The normalized spacial score (nSPS) is 13.3. The number of carbonyl (C=O) groups is 1. The molecule has 138 valence electrons. The number of hydrogen-bond donors (Lipinski definition) is 0. The fraction of sp³-hybridized carbons (Fsp3) is 0.571. The van der Waals surface area contributed by atoms with E-state index in [-0.39, 0.29) is 16.3 Å². The Bertz CT molecular complexity index is 783. The van der Waals surface area contributed by atoms with E-state index in [0.717, 1.165) is 10.9 Å². The third-order valence-corrected chi connectivity index (χ3v) is 4.78. The van der Waals surface area contributed by atoms with Gasteiger partial charge in [0.15, 0.2) is 0 Å². The third-order valence-electron chi connectivity index (χ3n) is 3.61. The van der Waals surface area contributed by atoms with Gasteiger partial charge in [-0.2, -0.15) is 0 Å². The molecule has 2 rings (SSSR count). The quantitative estimate of drug-likeness (QED) is 0.535. The van der Waals surface area contributed by atoms with Gasteiger partial charge < -0.3 is 4.74 Å². The highest BCUT2D eigenvalue weighted by molar-refractivity contribution is 8.00. The van der Waals surface area contributed by atoms with Crippen molar-refractivity contribution in [2.75, 3.05) is 0 Å². The summed E-state index contributed by atoms with van der Waals surface area (Å²) in [4.78, 5) is 13.8. The number of carbonyl (C=O) groups excluding carboxylic acids is 1. The van der Waals surface area contributed by atoms with E-state index in [1.807, 2.05) is 38.6 Å². The lowest BCUT2D eigenvalue weighted by Crippen LogP contribution is -2.26. The largest absolute Gasteiger partial charge is 0.443 e. The fourth-order valence-corrected chi connectivity index (χ4v) is 3.95. The van der Waals surface area contributed by atoms with Crippen LogP contribution in [-0.4, -0.2) is 21.0 Å². The topological polar surface area (TPSA) is 31.2 Å². The van der Waals surface area contributed by atoms with Crippen molar-refractivity contribution in [2.45, 2.75) is 83.0 Å². The Morgan fingerprint density at radius 3 is 2.08 bits per heavy atom. The van der Waals surface area contributed by atoms with Crippen molar-refractivity contribution in [1.29, 1.82) is 0 Å². The Labute approximate surface area is 156 Å². The summed E-state index contributed by atoms with van der Waals surface area (Å²) in [6.07, 6.45) is 1.47. The van der Waals surface area contributed by atoms with Gasteiger partial charge in [0.2, 0.25) is 0 Å². The van der Waals surface area contributed by atoms with Gasteiger partial charge in [-0.1, -0.05) is 41.5 Å². The molecule has 0 unspecified atom stereocenters. The van der Waals surface area contributed by atoms with Gasteiger partial charge in [0.05, 0.1) is 5.52 Å². The first-order valence-electron chi connectivity index (χ1n) is 8.75. The molecule has 0 atom stereocenters. The highest BCUT2D eigenvalue weighted by Gasteiger charge is 2.25. The molecule has 0 bridgehead atoms. The van der Waals surface area contributed by atoms with E-state index in [1.54, 1.807) is 10.8 Å². The van der Waals surface area contributed by atoms with Gasteiger partial charge >= 0.3 is 6.09 Å². The molecule has 0 saturated heterocycles. The van der Waals surface area contributed by atoms with Gasteiger partial charge in [0.1, 0.15) is 5.60 Å². The van der Waals surface area contributed by atoms with Crippen molar-refractivity contribution in [3.63, 3.8) is 0 Å². The maximum atomic E-state index is 12.5. The fourth-order valence-electron chi connectivity index (χ4n) is 2.63. The lowest BCUT2D eigenvalue weighted by molar-refractivity contribution is 0.0544. The predicted octanol–water partition coefficient (Wildman–Crippen LogP) is 6.61. The molecule has 0 radical (unpaired) electrons. The van der Waals surface area contributed by atoms with Crippen LogP contribution in [0.1, 0.15) is 67.9 Å². The molecule has 0 aliphatic rings. The number of rotatable bonds is 1. The van der Waals surface area contributed by atoms with Crippen molar-refractivity contribution in [3.05, 3.63) is 30.0 Å². The zero-order valence-electron chi connectivity index (χ0n) is 17.0. The van der Waals surface area contributed by atoms with Crippen molar-refractivity contribution in [1.82, 2.24) is 4.57 Å². The summed E-state index contributed by atoms with van der Waals surface area (Å²) in [5.41, 5.74) is 1.63. The van der Waals surface area contributed by atoms with Crippen molar-refractivity contribution < 1.29 is 9.53 Å². The van der Waals surface area contributed by atoms with E-state index in [9.17, 15) is 4.79 Å². The van der Waals surface area contributed by atoms with Gasteiger partial charge in [0, 0.05) is 21.2 Å². The van der Waals surface area contributed by atoms with Gasteiger partial charge in [-0.15, -0.1) is 11.8 Å². The van der Waals surface area contributed by atoms with Crippen LogP contribution in [0.5, 0.6) is 0 Å². The Kier molecular flexibility index (Phi) is 5.08. The first kappa shape index (κ1) is 19.9. The van der Waals surface area contributed by atoms with Crippen molar-refractivity contribution in [2.24, 2.45) is 0 Å². The van der Waals surface area contributed by atoms with E-state index in [4.69, 9.17) is 4.74 Å². The van der Waals surface area contributed by atoms with Crippen molar-refractivity contribution >= 4 is 28.8 Å². The third kappa shape index (κ3) is 5.04. The summed E-state index contributed by atoms with van der Waals surface area (Å²) in [5.74, 6) is 0. The van der Waals surface area contributed by atoms with E-state index < -0.39 is 5.60 Å². The molecule has 0 N–H and O–H groups in total. The van der Waals surface area contributed by atoms with Crippen LogP contribution in [0.25, 0.3) is 10.9 Å². The average Bonchev–Trinajstić information content (AvgIpc) is 2.75. The number of benzene rings is 1. The lowest BCUT2D eigenvalue weighted by Gasteiger charge is -2.27. The van der Waals surface area contributed by atoms with Gasteiger partial charge in [-0.3, -0.25) is 4.57 Å². The Morgan fingerprint density at radius 2 is 1.60 bits per heavy atom. The predicted molar refractivity (Wildman–Crippen MR) is 108 cm³/mol. The maximum absolute atomic E-state index is 12.5. The summed E-state index contributed by atoms with van der Waals surface area (Å²) in [7, 11) is 0. The number of hydrogen-bond acceptors (Lipinski definition) is 3. The average molecular weight is 362 g/mol. The first-order chi connectivity index (χ1) is 11.2. The van der Waals surface area contributed by atoms with Crippen LogP contribution in [0.4, 0.5) is 4.79 Å². The zero-order chi connectivity index (χ0) is 19.2. The second-order valence-electron chi connectivity index (χ2n) is 9.54. The van der Waals surface area contributed by atoms with Crippen LogP contribution in [0.2, 0.25) is 0 Å². The summed E-state index contributed by atoms with van der Waals surface area (Å²) < 4.78 is 7.28. The zero-order valence-corrected chi connectivity index (χ0v) is 17.8. The standard InChI is InChI=1S/C21H31NO2S/c1-19(2,3)15-13-16-14(12-17(15)25-21(7,8)9)10-11-22(16)18(23)24-20(4,5)6/h10-13H,1-9H3. The number of nitrogens with zero attached hydrogens (tertiary/aromatic N) is 1.